The van der Waals surface area contributed by atoms with Crippen LogP contribution >= 0.6 is 0 Å². The summed E-state index contributed by atoms with van der Waals surface area (Å²) in [5, 5.41) is 18.3. The Balaban J connectivity index is 1.25. The fraction of sp³-hybridized carbons (Fsp3) is 0.231. The van der Waals surface area contributed by atoms with Gasteiger partial charge in [-0.25, -0.2) is 14.5 Å². The molecule has 0 bridgehead atoms. The smallest absolute Gasteiger partial charge is 0.128 e. The summed E-state index contributed by atoms with van der Waals surface area (Å²) < 4.78 is 3.44. The van der Waals surface area contributed by atoms with E-state index in [1.165, 1.54) is 0 Å². The van der Waals surface area contributed by atoms with Crippen LogP contribution in [0.1, 0.15) is 11.3 Å². The van der Waals surface area contributed by atoms with Gasteiger partial charge in [-0.15, -0.1) is 0 Å². The van der Waals surface area contributed by atoms with Gasteiger partial charge < -0.3 is 4.90 Å². The molecule has 1 aliphatic heterocycles. The van der Waals surface area contributed by atoms with E-state index in [1.807, 2.05) is 56.1 Å². The van der Waals surface area contributed by atoms with Crippen LogP contribution in [-0.4, -0.2) is 65.4 Å². The summed E-state index contributed by atoms with van der Waals surface area (Å²) >= 11 is 0. The SMILES string of the molecule is Cn1cc(-c2cn3ncc(C#N)c3c(-c3ccc(N4CCN(Cc5ccccn5)CC4)nc3)n2)cn1. The lowest BCUT2D eigenvalue weighted by Gasteiger charge is -2.35. The number of piperazine rings is 1. The molecule has 0 amide bonds. The second kappa shape index (κ2) is 9.20. The Kier molecular flexibility index (Phi) is 5.59. The molecular weight excluding hydrogens is 452 g/mol. The summed E-state index contributed by atoms with van der Waals surface area (Å²) in [6.45, 7) is 4.58. The van der Waals surface area contributed by atoms with Gasteiger partial charge in [0.05, 0.1) is 35.7 Å². The molecule has 10 nitrogen and oxygen atoms in total. The first-order chi connectivity index (χ1) is 17.7. The number of fused-ring (bicyclic) bond motifs is 1. The van der Waals surface area contributed by atoms with Gasteiger partial charge in [-0.05, 0) is 24.3 Å². The third-order valence-corrected chi connectivity index (χ3v) is 6.45. The van der Waals surface area contributed by atoms with Crippen molar-refractivity contribution in [2.24, 2.45) is 7.05 Å². The molecule has 0 aliphatic carbocycles. The molecule has 0 saturated carbocycles. The first-order valence-corrected chi connectivity index (χ1v) is 11.8. The fourth-order valence-electron chi connectivity index (χ4n) is 4.56. The van der Waals surface area contributed by atoms with Gasteiger partial charge in [-0.1, -0.05) is 6.07 Å². The molecule has 0 radical (unpaired) electrons. The fourth-order valence-corrected chi connectivity index (χ4v) is 4.56. The minimum absolute atomic E-state index is 0.475. The molecule has 1 aliphatic rings. The van der Waals surface area contributed by atoms with Gasteiger partial charge in [-0.3, -0.25) is 14.6 Å². The number of nitriles is 1. The van der Waals surface area contributed by atoms with Crippen molar-refractivity contribution in [1.82, 2.24) is 39.2 Å². The molecule has 5 aromatic rings. The third kappa shape index (κ3) is 4.16. The Morgan fingerprint density at radius 2 is 1.81 bits per heavy atom. The van der Waals surface area contributed by atoms with Crippen LogP contribution in [0.3, 0.4) is 0 Å². The largest absolute Gasteiger partial charge is 0.354 e. The van der Waals surface area contributed by atoms with Gasteiger partial charge in [0, 0.05) is 69.5 Å². The number of hydrogen-bond donors (Lipinski definition) is 0. The van der Waals surface area contributed by atoms with Crippen LogP contribution in [0.25, 0.3) is 28.0 Å². The molecule has 6 heterocycles. The van der Waals surface area contributed by atoms with Crippen LogP contribution in [0, 0.1) is 11.3 Å². The number of hydrogen-bond acceptors (Lipinski definition) is 8. The van der Waals surface area contributed by atoms with E-state index < -0.39 is 0 Å². The highest BCUT2D eigenvalue weighted by molar-refractivity contribution is 5.83. The Morgan fingerprint density at radius 1 is 0.917 bits per heavy atom. The van der Waals surface area contributed by atoms with E-state index in [1.54, 1.807) is 21.6 Å². The lowest BCUT2D eigenvalue weighted by atomic mass is 10.1. The standard InChI is InChI=1S/C26H24N10/c1-33-16-21(15-30-33)23-18-36-26(20(12-27)14-31-36)25(32-23)19-5-6-24(29-13-19)35-10-8-34(9-11-35)17-22-4-2-3-7-28-22/h2-7,13-16,18H,8-11,17H2,1H3. The molecule has 0 atom stereocenters. The second-order valence-corrected chi connectivity index (χ2v) is 8.83. The molecule has 6 rings (SSSR count). The number of aryl methyl sites for hydroxylation is 1. The predicted molar refractivity (Wildman–Crippen MR) is 135 cm³/mol. The zero-order valence-electron chi connectivity index (χ0n) is 19.9. The average Bonchev–Trinajstić information content (AvgIpc) is 3.55. The number of aromatic nitrogens is 7. The number of pyridine rings is 2. The van der Waals surface area contributed by atoms with Gasteiger partial charge in [0.1, 0.15) is 23.0 Å². The highest BCUT2D eigenvalue weighted by Crippen LogP contribution is 2.29. The summed E-state index contributed by atoms with van der Waals surface area (Å²) in [6, 6.07) is 12.3. The van der Waals surface area contributed by atoms with E-state index >= 15 is 0 Å². The predicted octanol–water partition coefficient (Wildman–Crippen LogP) is 2.78. The molecule has 1 saturated heterocycles. The Hall–Kier alpha value is -4.62. The maximum atomic E-state index is 9.64. The summed E-state index contributed by atoms with van der Waals surface area (Å²) in [6.07, 6.45) is 10.7. The van der Waals surface area contributed by atoms with Crippen molar-refractivity contribution < 1.29 is 0 Å². The molecular formula is C26H24N10. The maximum absolute atomic E-state index is 9.64. The van der Waals surface area contributed by atoms with Crippen molar-refractivity contribution in [3.8, 4) is 28.6 Å². The molecule has 178 valence electrons. The maximum Gasteiger partial charge on any atom is 0.128 e. The Labute approximate surface area is 208 Å². The second-order valence-electron chi connectivity index (χ2n) is 8.83. The van der Waals surface area contributed by atoms with Gasteiger partial charge in [0.2, 0.25) is 0 Å². The van der Waals surface area contributed by atoms with E-state index in [9.17, 15) is 5.26 Å². The Bertz CT molecular complexity index is 1540. The van der Waals surface area contributed by atoms with Gasteiger partial charge in [0.25, 0.3) is 0 Å². The molecule has 5 aromatic heterocycles. The van der Waals surface area contributed by atoms with E-state index in [-0.39, 0.29) is 0 Å². The van der Waals surface area contributed by atoms with Crippen molar-refractivity contribution in [3.63, 3.8) is 0 Å². The minimum Gasteiger partial charge on any atom is -0.354 e. The van der Waals surface area contributed by atoms with Gasteiger partial charge >= 0.3 is 0 Å². The first kappa shape index (κ1) is 21.9. The van der Waals surface area contributed by atoms with Crippen molar-refractivity contribution in [2.75, 3.05) is 31.1 Å². The molecule has 10 heteroatoms. The number of rotatable bonds is 5. The van der Waals surface area contributed by atoms with Gasteiger partial charge in [0.15, 0.2) is 0 Å². The molecule has 0 aromatic carbocycles. The van der Waals surface area contributed by atoms with Gasteiger partial charge in [-0.2, -0.15) is 15.5 Å². The summed E-state index contributed by atoms with van der Waals surface area (Å²) in [5.41, 5.74) is 5.35. The summed E-state index contributed by atoms with van der Waals surface area (Å²) in [4.78, 5) is 18.8. The van der Waals surface area contributed by atoms with Crippen LogP contribution in [0.15, 0.2) is 67.5 Å². The highest BCUT2D eigenvalue weighted by Gasteiger charge is 2.20. The van der Waals surface area contributed by atoms with Crippen molar-refractivity contribution >= 4 is 11.3 Å². The summed E-state index contributed by atoms with van der Waals surface area (Å²) in [7, 11) is 1.87. The Morgan fingerprint density at radius 3 is 2.50 bits per heavy atom. The zero-order valence-corrected chi connectivity index (χ0v) is 19.9. The molecule has 0 N–H and O–H groups in total. The topological polar surface area (TPSA) is 104 Å². The normalized spacial score (nSPS) is 14.3. The zero-order chi connectivity index (χ0) is 24.5. The molecule has 36 heavy (non-hydrogen) atoms. The molecule has 0 unspecified atom stereocenters. The van der Waals surface area contributed by atoms with E-state index in [4.69, 9.17) is 9.97 Å². The quantitative estimate of drug-likeness (QED) is 0.381. The van der Waals surface area contributed by atoms with Crippen molar-refractivity contribution in [3.05, 3.63) is 78.8 Å². The van der Waals surface area contributed by atoms with E-state index in [0.717, 1.165) is 61.1 Å². The number of nitrogens with zero attached hydrogens (tertiary/aromatic N) is 10. The van der Waals surface area contributed by atoms with Crippen molar-refractivity contribution in [1.29, 1.82) is 5.26 Å². The van der Waals surface area contributed by atoms with E-state index in [2.05, 4.69) is 37.1 Å². The van der Waals surface area contributed by atoms with Crippen LogP contribution in [0.4, 0.5) is 5.82 Å². The minimum atomic E-state index is 0.475. The molecule has 1 fully saturated rings. The lowest BCUT2D eigenvalue weighted by Crippen LogP contribution is -2.46. The monoisotopic (exact) mass is 476 g/mol. The van der Waals surface area contributed by atoms with Crippen LogP contribution in [-0.2, 0) is 13.6 Å². The average molecular weight is 477 g/mol. The van der Waals surface area contributed by atoms with Crippen LogP contribution in [0.2, 0.25) is 0 Å². The summed E-state index contributed by atoms with van der Waals surface area (Å²) in [5.74, 6) is 0.935. The van der Waals surface area contributed by atoms with Crippen molar-refractivity contribution in [2.45, 2.75) is 6.54 Å². The molecule has 0 spiro atoms. The van der Waals surface area contributed by atoms with Crippen LogP contribution < -0.4 is 4.90 Å². The van der Waals surface area contributed by atoms with E-state index in [0.29, 0.717) is 16.8 Å². The third-order valence-electron chi connectivity index (χ3n) is 6.45. The highest BCUT2D eigenvalue weighted by atomic mass is 15.3. The van der Waals surface area contributed by atoms with Crippen LogP contribution in [0.5, 0.6) is 0 Å². The first-order valence-electron chi connectivity index (χ1n) is 11.8. The number of anilines is 1. The lowest BCUT2D eigenvalue weighted by molar-refractivity contribution is 0.246.